The van der Waals surface area contributed by atoms with Crippen molar-refractivity contribution in [1.82, 2.24) is 14.9 Å². The number of carbonyl (C=O) groups excluding carboxylic acids is 1. The molecule has 0 saturated heterocycles. The number of hydrogen-bond acceptors (Lipinski definition) is 2. The van der Waals surface area contributed by atoms with E-state index < -0.39 is 0 Å². The van der Waals surface area contributed by atoms with Gasteiger partial charge in [-0.2, -0.15) is 0 Å². The molecule has 4 heteroatoms. The van der Waals surface area contributed by atoms with Gasteiger partial charge in [-0.1, -0.05) is 12.8 Å². The summed E-state index contributed by atoms with van der Waals surface area (Å²) in [5.41, 5.74) is 1.24. The minimum absolute atomic E-state index is 0.278. The van der Waals surface area contributed by atoms with E-state index in [4.69, 9.17) is 0 Å². The van der Waals surface area contributed by atoms with Gasteiger partial charge in [-0.15, -0.1) is 0 Å². The molecule has 2 heterocycles. The Balaban J connectivity index is 1.58. The first-order valence-corrected chi connectivity index (χ1v) is 6.62. The monoisotopic (exact) mass is 233 g/mol. The summed E-state index contributed by atoms with van der Waals surface area (Å²) < 4.78 is 2.18. The molecule has 17 heavy (non-hydrogen) atoms. The molecular formula is C13H19N3O. The molecule has 1 aromatic heterocycles. The molecule has 1 fully saturated rings. The van der Waals surface area contributed by atoms with E-state index in [9.17, 15) is 4.79 Å². The van der Waals surface area contributed by atoms with Crippen LogP contribution in [0.2, 0.25) is 0 Å². The molecule has 0 spiro atoms. The first-order valence-electron chi connectivity index (χ1n) is 6.62. The Morgan fingerprint density at radius 2 is 2.18 bits per heavy atom. The summed E-state index contributed by atoms with van der Waals surface area (Å²) in [4.78, 5) is 16.2. The Kier molecular flexibility index (Phi) is 2.87. The smallest absolute Gasteiger partial charge is 0.223 e. The lowest BCUT2D eigenvalue weighted by Gasteiger charge is -2.25. The van der Waals surface area contributed by atoms with Crippen molar-refractivity contribution in [2.45, 2.75) is 51.1 Å². The predicted molar refractivity (Wildman–Crippen MR) is 64.4 cm³/mol. The summed E-state index contributed by atoms with van der Waals surface area (Å²) in [7, 11) is 0. The largest absolute Gasteiger partial charge is 0.353 e. The van der Waals surface area contributed by atoms with Gasteiger partial charge < -0.3 is 9.88 Å². The zero-order valence-electron chi connectivity index (χ0n) is 10.1. The average Bonchev–Trinajstić information content (AvgIpc) is 2.99. The van der Waals surface area contributed by atoms with Crippen LogP contribution in [0.1, 0.15) is 37.8 Å². The van der Waals surface area contributed by atoms with Crippen LogP contribution in [0.5, 0.6) is 0 Å². The maximum Gasteiger partial charge on any atom is 0.223 e. The molecule has 1 aliphatic carbocycles. The SMILES string of the molecule is O=C(NC1CCn2cncc2C1)C1CCCC1. The Morgan fingerprint density at radius 1 is 1.35 bits per heavy atom. The number of amides is 1. The first kappa shape index (κ1) is 10.8. The number of aromatic nitrogens is 2. The highest BCUT2D eigenvalue weighted by Gasteiger charge is 2.26. The lowest BCUT2D eigenvalue weighted by Crippen LogP contribution is -2.42. The molecule has 0 bridgehead atoms. The number of nitrogens with one attached hydrogen (secondary N) is 1. The summed E-state index contributed by atoms with van der Waals surface area (Å²) in [6.45, 7) is 0.977. The van der Waals surface area contributed by atoms with Crippen molar-refractivity contribution < 1.29 is 4.79 Å². The van der Waals surface area contributed by atoms with Crippen LogP contribution in [0, 0.1) is 5.92 Å². The number of imidazole rings is 1. The second kappa shape index (κ2) is 4.51. The fraction of sp³-hybridized carbons (Fsp3) is 0.692. The van der Waals surface area contributed by atoms with Gasteiger partial charge in [0.05, 0.1) is 6.33 Å². The lowest BCUT2D eigenvalue weighted by atomic mass is 10.0. The first-order chi connectivity index (χ1) is 8.33. The van der Waals surface area contributed by atoms with Crippen LogP contribution >= 0.6 is 0 Å². The van der Waals surface area contributed by atoms with Gasteiger partial charge in [0.1, 0.15) is 0 Å². The fourth-order valence-corrected chi connectivity index (χ4v) is 3.00. The van der Waals surface area contributed by atoms with E-state index >= 15 is 0 Å². The summed E-state index contributed by atoms with van der Waals surface area (Å²) in [6.07, 6.45) is 10.3. The molecular weight excluding hydrogens is 214 g/mol. The topological polar surface area (TPSA) is 46.9 Å². The number of hydrogen-bond donors (Lipinski definition) is 1. The molecule has 1 unspecified atom stereocenters. The second-order valence-electron chi connectivity index (χ2n) is 5.26. The van der Waals surface area contributed by atoms with Crippen molar-refractivity contribution in [1.29, 1.82) is 0 Å². The summed E-state index contributed by atoms with van der Waals surface area (Å²) in [6, 6.07) is 0.312. The number of carbonyl (C=O) groups is 1. The van der Waals surface area contributed by atoms with Gasteiger partial charge in [-0.05, 0) is 19.3 Å². The highest BCUT2D eigenvalue weighted by molar-refractivity contribution is 5.79. The molecule has 2 aliphatic rings. The molecule has 92 valence electrons. The van der Waals surface area contributed by atoms with Gasteiger partial charge in [0.25, 0.3) is 0 Å². The minimum atomic E-state index is 0.278. The third-order valence-electron chi connectivity index (χ3n) is 4.04. The van der Waals surface area contributed by atoms with Gasteiger partial charge in [-0.3, -0.25) is 4.79 Å². The molecule has 1 atom stereocenters. The van der Waals surface area contributed by atoms with E-state index in [0.29, 0.717) is 6.04 Å². The van der Waals surface area contributed by atoms with Crippen molar-refractivity contribution in [2.24, 2.45) is 5.92 Å². The van der Waals surface area contributed by atoms with E-state index in [-0.39, 0.29) is 11.8 Å². The van der Waals surface area contributed by atoms with Crippen LogP contribution < -0.4 is 5.32 Å². The van der Waals surface area contributed by atoms with Crippen molar-refractivity contribution in [2.75, 3.05) is 0 Å². The Labute approximate surface area is 101 Å². The maximum absolute atomic E-state index is 12.0. The standard InChI is InChI=1S/C13H19N3O/c17-13(10-3-1-2-4-10)15-11-5-6-16-9-14-8-12(16)7-11/h8-11H,1-7H2,(H,15,17). The van der Waals surface area contributed by atoms with Crippen molar-refractivity contribution in [3.05, 3.63) is 18.2 Å². The Hall–Kier alpha value is -1.32. The number of rotatable bonds is 2. The molecule has 3 rings (SSSR count). The molecule has 0 aromatic carbocycles. The van der Waals surface area contributed by atoms with E-state index in [2.05, 4.69) is 14.9 Å². The van der Waals surface area contributed by atoms with Crippen molar-refractivity contribution in [3.63, 3.8) is 0 Å². The molecule has 0 radical (unpaired) electrons. The average molecular weight is 233 g/mol. The Morgan fingerprint density at radius 3 is 3.00 bits per heavy atom. The van der Waals surface area contributed by atoms with Gasteiger partial charge in [0.2, 0.25) is 5.91 Å². The van der Waals surface area contributed by atoms with Crippen LogP contribution in [0.3, 0.4) is 0 Å². The Bertz CT molecular complexity index is 407. The van der Waals surface area contributed by atoms with Crippen molar-refractivity contribution in [3.8, 4) is 0 Å². The highest BCUT2D eigenvalue weighted by atomic mass is 16.1. The summed E-state index contributed by atoms with van der Waals surface area (Å²) in [5, 5.41) is 3.21. The number of aryl methyl sites for hydroxylation is 1. The van der Waals surface area contributed by atoms with Gasteiger partial charge in [0.15, 0.2) is 0 Å². The van der Waals surface area contributed by atoms with E-state index in [1.807, 2.05) is 12.5 Å². The van der Waals surface area contributed by atoms with E-state index in [1.165, 1.54) is 18.5 Å². The zero-order chi connectivity index (χ0) is 11.7. The number of fused-ring (bicyclic) bond motifs is 1. The summed E-state index contributed by atoms with van der Waals surface area (Å²) >= 11 is 0. The van der Waals surface area contributed by atoms with Crippen LogP contribution in [-0.4, -0.2) is 21.5 Å². The minimum Gasteiger partial charge on any atom is -0.353 e. The predicted octanol–water partition coefficient (Wildman–Crippen LogP) is 1.50. The normalized spacial score (nSPS) is 24.6. The highest BCUT2D eigenvalue weighted by Crippen LogP contribution is 2.25. The summed E-state index contributed by atoms with van der Waals surface area (Å²) in [5.74, 6) is 0.558. The van der Waals surface area contributed by atoms with E-state index in [1.54, 1.807) is 0 Å². The fourth-order valence-electron chi connectivity index (χ4n) is 3.00. The third kappa shape index (κ3) is 2.21. The molecule has 1 aliphatic heterocycles. The van der Waals surface area contributed by atoms with Crippen LogP contribution in [0.25, 0.3) is 0 Å². The van der Waals surface area contributed by atoms with Crippen molar-refractivity contribution >= 4 is 5.91 Å². The van der Waals surface area contributed by atoms with Crippen LogP contribution in [0.4, 0.5) is 0 Å². The molecule has 1 aromatic rings. The lowest BCUT2D eigenvalue weighted by molar-refractivity contribution is -0.125. The van der Waals surface area contributed by atoms with Crippen LogP contribution in [-0.2, 0) is 17.8 Å². The molecule has 1 saturated carbocycles. The second-order valence-corrected chi connectivity index (χ2v) is 5.26. The quantitative estimate of drug-likeness (QED) is 0.841. The maximum atomic E-state index is 12.0. The number of nitrogens with zero attached hydrogens (tertiary/aromatic N) is 2. The van der Waals surface area contributed by atoms with Gasteiger partial charge in [0, 0.05) is 36.8 Å². The van der Waals surface area contributed by atoms with E-state index in [0.717, 1.165) is 32.2 Å². The van der Waals surface area contributed by atoms with Crippen LogP contribution in [0.15, 0.2) is 12.5 Å². The third-order valence-corrected chi connectivity index (χ3v) is 4.04. The molecule has 1 amide bonds. The zero-order valence-corrected chi connectivity index (χ0v) is 10.1. The van der Waals surface area contributed by atoms with Gasteiger partial charge >= 0.3 is 0 Å². The van der Waals surface area contributed by atoms with Gasteiger partial charge in [-0.25, -0.2) is 4.98 Å². The molecule has 1 N–H and O–H groups in total. The molecule has 4 nitrogen and oxygen atoms in total.